The molecule has 0 radical (unpaired) electrons. The van der Waals surface area contributed by atoms with Gasteiger partial charge in [0, 0.05) is 12.6 Å². The monoisotopic (exact) mass is 257 g/mol. The molecule has 0 spiro atoms. The summed E-state index contributed by atoms with van der Waals surface area (Å²) in [6, 6.07) is 2.34. The van der Waals surface area contributed by atoms with Crippen molar-refractivity contribution in [3.8, 4) is 0 Å². The van der Waals surface area contributed by atoms with Crippen LogP contribution < -0.4 is 5.32 Å². The van der Waals surface area contributed by atoms with Crippen molar-refractivity contribution < 1.29 is 13.3 Å². The zero-order valence-electron chi connectivity index (χ0n) is 8.87. The van der Waals surface area contributed by atoms with Crippen molar-refractivity contribution in [2.45, 2.75) is 16.7 Å². The van der Waals surface area contributed by atoms with Crippen LogP contribution in [0.5, 0.6) is 0 Å². The molecule has 0 amide bonds. The maximum Gasteiger partial charge on any atom is 0.287 e. The van der Waals surface area contributed by atoms with Crippen LogP contribution in [0.4, 0.5) is 5.69 Å². The highest BCUT2D eigenvalue weighted by Gasteiger charge is 2.31. The van der Waals surface area contributed by atoms with Crippen molar-refractivity contribution in [1.29, 1.82) is 0 Å². The van der Waals surface area contributed by atoms with Crippen LogP contribution in [0.25, 0.3) is 0 Å². The molecular formula is C9H11N3O4S. The maximum atomic E-state index is 12.0. The Bertz CT molecular complexity index is 520. The van der Waals surface area contributed by atoms with E-state index in [1.54, 1.807) is 0 Å². The van der Waals surface area contributed by atoms with E-state index in [0.29, 0.717) is 19.5 Å². The highest BCUT2D eigenvalue weighted by Crippen LogP contribution is 2.20. The van der Waals surface area contributed by atoms with Gasteiger partial charge in [0.2, 0.25) is 0 Å². The number of nitrogens with one attached hydrogen (secondary N) is 1. The van der Waals surface area contributed by atoms with E-state index in [0.717, 1.165) is 12.3 Å². The number of nitro groups is 1. The Morgan fingerprint density at radius 3 is 2.71 bits per heavy atom. The van der Waals surface area contributed by atoms with Crippen molar-refractivity contribution in [1.82, 2.24) is 10.3 Å². The van der Waals surface area contributed by atoms with Crippen LogP contribution >= 0.6 is 0 Å². The van der Waals surface area contributed by atoms with Gasteiger partial charge in [-0.15, -0.1) is 0 Å². The quantitative estimate of drug-likeness (QED) is 0.609. The van der Waals surface area contributed by atoms with Gasteiger partial charge in [-0.05, 0) is 19.0 Å². The number of hydrogen-bond acceptors (Lipinski definition) is 6. The Morgan fingerprint density at radius 1 is 1.47 bits per heavy atom. The van der Waals surface area contributed by atoms with Gasteiger partial charge in [0.25, 0.3) is 5.69 Å². The van der Waals surface area contributed by atoms with E-state index in [2.05, 4.69) is 10.3 Å². The number of aromatic nitrogens is 1. The molecule has 1 N–H and O–H groups in total. The zero-order chi connectivity index (χ0) is 12.5. The van der Waals surface area contributed by atoms with Crippen LogP contribution in [-0.4, -0.2) is 36.7 Å². The van der Waals surface area contributed by atoms with E-state index in [9.17, 15) is 18.5 Å². The molecule has 1 atom stereocenters. The lowest BCUT2D eigenvalue weighted by Gasteiger charge is -2.08. The lowest BCUT2D eigenvalue weighted by atomic mass is 10.4. The zero-order valence-corrected chi connectivity index (χ0v) is 9.68. The summed E-state index contributed by atoms with van der Waals surface area (Å²) in [5.74, 6) is 0. The molecule has 1 fully saturated rings. The molecule has 1 aliphatic heterocycles. The minimum atomic E-state index is -3.48. The van der Waals surface area contributed by atoms with E-state index in [1.165, 1.54) is 6.07 Å². The fourth-order valence-electron chi connectivity index (χ4n) is 1.71. The second-order valence-electron chi connectivity index (χ2n) is 3.77. The number of rotatable bonds is 3. The van der Waals surface area contributed by atoms with E-state index >= 15 is 0 Å². The largest absolute Gasteiger partial charge is 0.315 e. The first-order valence-corrected chi connectivity index (χ1v) is 6.61. The molecule has 8 heteroatoms. The molecular weight excluding hydrogens is 246 g/mol. The normalized spacial score (nSPS) is 20.4. The Labute approximate surface area is 97.9 Å². The number of hydrogen-bond donors (Lipinski definition) is 1. The van der Waals surface area contributed by atoms with Crippen molar-refractivity contribution in [3.05, 3.63) is 28.4 Å². The van der Waals surface area contributed by atoms with Crippen molar-refractivity contribution in [3.63, 3.8) is 0 Å². The summed E-state index contributed by atoms with van der Waals surface area (Å²) in [6.45, 7) is 1.07. The van der Waals surface area contributed by atoms with Crippen LogP contribution in [0, 0.1) is 10.1 Å². The van der Waals surface area contributed by atoms with E-state index in [4.69, 9.17) is 0 Å². The molecule has 17 heavy (non-hydrogen) atoms. The highest BCUT2D eigenvalue weighted by atomic mass is 32.2. The molecule has 0 saturated carbocycles. The molecule has 1 aliphatic rings. The van der Waals surface area contributed by atoms with Crippen LogP contribution in [-0.2, 0) is 9.84 Å². The molecule has 1 aromatic rings. The average Bonchev–Trinajstić information content (AvgIpc) is 2.83. The third kappa shape index (κ3) is 2.27. The topological polar surface area (TPSA) is 102 Å². The Balaban J connectivity index is 2.30. The first-order chi connectivity index (χ1) is 8.01. The molecule has 92 valence electrons. The molecule has 0 bridgehead atoms. The maximum absolute atomic E-state index is 12.0. The summed E-state index contributed by atoms with van der Waals surface area (Å²) in [6.07, 6.45) is 1.51. The fraction of sp³-hybridized carbons (Fsp3) is 0.444. The summed E-state index contributed by atoms with van der Waals surface area (Å²) < 4.78 is 24.1. The summed E-state index contributed by atoms with van der Waals surface area (Å²) in [7, 11) is -3.48. The first-order valence-electron chi connectivity index (χ1n) is 5.07. The SMILES string of the molecule is O=[N+]([O-])c1ccc(S(=O)(=O)[C@@H]2CCNC2)nc1. The minimum Gasteiger partial charge on any atom is -0.315 e. The predicted octanol–water partition coefficient (Wildman–Crippen LogP) is 0.125. The molecule has 2 heterocycles. The van der Waals surface area contributed by atoms with Crippen LogP contribution in [0.2, 0.25) is 0 Å². The van der Waals surface area contributed by atoms with Crippen LogP contribution in [0.1, 0.15) is 6.42 Å². The van der Waals surface area contributed by atoms with Gasteiger partial charge in [0.05, 0.1) is 10.2 Å². The van der Waals surface area contributed by atoms with Gasteiger partial charge in [0.1, 0.15) is 6.20 Å². The second-order valence-corrected chi connectivity index (χ2v) is 5.95. The summed E-state index contributed by atoms with van der Waals surface area (Å²) >= 11 is 0. The molecule has 1 aromatic heterocycles. The minimum absolute atomic E-state index is 0.100. The molecule has 7 nitrogen and oxygen atoms in total. The molecule has 0 aromatic carbocycles. The van der Waals surface area contributed by atoms with E-state index in [1.807, 2.05) is 0 Å². The molecule has 0 unspecified atom stereocenters. The molecule has 1 saturated heterocycles. The molecule has 0 aliphatic carbocycles. The van der Waals surface area contributed by atoms with Gasteiger partial charge < -0.3 is 5.32 Å². The van der Waals surface area contributed by atoms with Crippen LogP contribution in [0.15, 0.2) is 23.4 Å². The Morgan fingerprint density at radius 2 is 2.24 bits per heavy atom. The predicted molar refractivity (Wildman–Crippen MR) is 59.4 cm³/mol. The average molecular weight is 257 g/mol. The van der Waals surface area contributed by atoms with Crippen molar-refractivity contribution in [2.75, 3.05) is 13.1 Å². The third-order valence-electron chi connectivity index (χ3n) is 2.68. The van der Waals surface area contributed by atoms with Crippen LogP contribution in [0.3, 0.4) is 0 Å². The number of pyridine rings is 1. The molecule has 2 rings (SSSR count). The third-order valence-corrected chi connectivity index (χ3v) is 4.78. The van der Waals surface area contributed by atoms with Crippen molar-refractivity contribution >= 4 is 15.5 Å². The van der Waals surface area contributed by atoms with Gasteiger partial charge in [0.15, 0.2) is 14.9 Å². The Hall–Kier alpha value is -1.54. The summed E-state index contributed by atoms with van der Waals surface area (Å²) in [5.41, 5.74) is -0.214. The fourth-order valence-corrected chi connectivity index (χ4v) is 3.28. The van der Waals surface area contributed by atoms with Gasteiger partial charge in [-0.3, -0.25) is 10.1 Å². The smallest absolute Gasteiger partial charge is 0.287 e. The lowest BCUT2D eigenvalue weighted by Crippen LogP contribution is -2.24. The van der Waals surface area contributed by atoms with Gasteiger partial charge in [-0.2, -0.15) is 0 Å². The summed E-state index contributed by atoms with van der Waals surface area (Å²) in [4.78, 5) is 13.5. The first kappa shape index (κ1) is 11.9. The number of sulfone groups is 1. The standard InChI is InChI=1S/C9H11N3O4S/c13-12(14)7-1-2-9(11-5-7)17(15,16)8-3-4-10-6-8/h1-2,5,8,10H,3-4,6H2/t8-/m1/s1. The van der Waals surface area contributed by atoms with Gasteiger partial charge in [-0.1, -0.05) is 0 Å². The van der Waals surface area contributed by atoms with Crippen molar-refractivity contribution in [2.24, 2.45) is 0 Å². The lowest BCUT2D eigenvalue weighted by molar-refractivity contribution is -0.385. The second kappa shape index (κ2) is 4.38. The highest BCUT2D eigenvalue weighted by molar-refractivity contribution is 7.92. The van der Waals surface area contributed by atoms with E-state index < -0.39 is 20.0 Å². The van der Waals surface area contributed by atoms with Gasteiger partial charge in [-0.25, -0.2) is 13.4 Å². The van der Waals surface area contributed by atoms with Gasteiger partial charge >= 0.3 is 0 Å². The van der Waals surface area contributed by atoms with E-state index in [-0.39, 0.29) is 10.7 Å². The Kier molecular flexibility index (Phi) is 3.07. The summed E-state index contributed by atoms with van der Waals surface area (Å²) in [5, 5.41) is 12.8. The number of nitrogens with zero attached hydrogens (tertiary/aromatic N) is 2.